The summed E-state index contributed by atoms with van der Waals surface area (Å²) in [6, 6.07) is 7.77. The molecule has 3 rings (SSSR count). The minimum atomic E-state index is 0.203. The molecule has 2 N–H and O–H groups in total. The summed E-state index contributed by atoms with van der Waals surface area (Å²) in [5, 5.41) is 0. The zero-order valence-corrected chi connectivity index (χ0v) is 12.8. The molecule has 1 aliphatic heterocycles. The Labute approximate surface area is 123 Å². The number of benzene rings is 1. The predicted octanol–water partition coefficient (Wildman–Crippen LogP) is 3.44. The molecule has 1 aliphatic carbocycles. The van der Waals surface area contributed by atoms with Crippen LogP contribution in [-0.4, -0.2) is 24.0 Å². The average molecular weight is 272 g/mol. The second-order valence-corrected chi connectivity index (χ2v) is 6.64. The Hall–Kier alpha value is -0.860. The molecule has 1 fully saturated rings. The van der Waals surface area contributed by atoms with Crippen molar-refractivity contribution < 1.29 is 0 Å². The zero-order chi connectivity index (χ0) is 13.9. The van der Waals surface area contributed by atoms with Crippen LogP contribution in [0.2, 0.25) is 0 Å². The number of rotatable bonds is 3. The second kappa shape index (κ2) is 6.28. The van der Waals surface area contributed by atoms with E-state index in [4.69, 9.17) is 5.73 Å². The third-order valence-corrected chi connectivity index (χ3v) is 5.00. The topological polar surface area (TPSA) is 29.3 Å². The Kier molecular flexibility index (Phi) is 4.42. The van der Waals surface area contributed by atoms with Gasteiger partial charge >= 0.3 is 0 Å². The number of hydrogen-bond acceptors (Lipinski definition) is 2. The fraction of sp³-hybridized carbons (Fsp3) is 0.667. The summed E-state index contributed by atoms with van der Waals surface area (Å²) in [5.41, 5.74) is 10.9. The standard InChI is InChI=1S/C18H28N2/c1-14(19)18(20-11-5-2-6-12-20)17-10-9-15-7-3-4-8-16(15)13-17/h9-10,13-14,18H,2-8,11-12,19H2,1H3. The van der Waals surface area contributed by atoms with Gasteiger partial charge in [-0.15, -0.1) is 0 Å². The first-order chi connectivity index (χ1) is 9.75. The first kappa shape index (κ1) is 14.1. The van der Waals surface area contributed by atoms with Crippen LogP contribution in [0.3, 0.4) is 0 Å². The highest BCUT2D eigenvalue weighted by Gasteiger charge is 2.26. The molecule has 0 amide bonds. The van der Waals surface area contributed by atoms with Crippen molar-refractivity contribution in [2.45, 2.75) is 64.0 Å². The lowest BCUT2D eigenvalue weighted by molar-refractivity contribution is 0.146. The Morgan fingerprint density at radius 1 is 0.950 bits per heavy atom. The third kappa shape index (κ3) is 2.91. The van der Waals surface area contributed by atoms with Crippen LogP contribution in [0.1, 0.15) is 61.8 Å². The molecular weight excluding hydrogens is 244 g/mol. The molecule has 0 spiro atoms. The van der Waals surface area contributed by atoms with Crippen molar-refractivity contribution in [3.05, 3.63) is 34.9 Å². The maximum atomic E-state index is 6.33. The van der Waals surface area contributed by atoms with E-state index in [0.29, 0.717) is 6.04 Å². The highest BCUT2D eigenvalue weighted by atomic mass is 15.2. The van der Waals surface area contributed by atoms with Gasteiger partial charge in [0.1, 0.15) is 0 Å². The molecule has 0 aromatic heterocycles. The minimum absolute atomic E-state index is 0.203. The summed E-state index contributed by atoms with van der Waals surface area (Å²) < 4.78 is 0. The van der Waals surface area contributed by atoms with Crippen molar-refractivity contribution >= 4 is 0 Å². The van der Waals surface area contributed by atoms with Crippen molar-refractivity contribution in [1.29, 1.82) is 0 Å². The molecular formula is C18H28N2. The first-order valence-electron chi connectivity index (χ1n) is 8.37. The summed E-state index contributed by atoms with van der Waals surface area (Å²) in [7, 11) is 0. The van der Waals surface area contributed by atoms with Gasteiger partial charge in [0.2, 0.25) is 0 Å². The largest absolute Gasteiger partial charge is 0.326 e. The van der Waals surface area contributed by atoms with E-state index in [9.17, 15) is 0 Å². The van der Waals surface area contributed by atoms with E-state index in [1.807, 2.05) is 0 Å². The highest BCUT2D eigenvalue weighted by molar-refractivity contribution is 5.35. The van der Waals surface area contributed by atoms with Gasteiger partial charge in [0.15, 0.2) is 0 Å². The lowest BCUT2D eigenvalue weighted by Crippen LogP contribution is -2.42. The Morgan fingerprint density at radius 2 is 1.65 bits per heavy atom. The first-order valence-corrected chi connectivity index (χ1v) is 8.37. The van der Waals surface area contributed by atoms with Gasteiger partial charge in [-0.05, 0) is 75.2 Å². The molecule has 2 heteroatoms. The highest BCUT2D eigenvalue weighted by Crippen LogP contribution is 2.30. The van der Waals surface area contributed by atoms with E-state index >= 15 is 0 Å². The molecule has 20 heavy (non-hydrogen) atoms. The maximum Gasteiger partial charge on any atom is 0.0496 e. The molecule has 0 saturated carbocycles. The molecule has 110 valence electrons. The second-order valence-electron chi connectivity index (χ2n) is 6.64. The minimum Gasteiger partial charge on any atom is -0.326 e. The van der Waals surface area contributed by atoms with Crippen LogP contribution >= 0.6 is 0 Å². The van der Waals surface area contributed by atoms with Gasteiger partial charge in [0.25, 0.3) is 0 Å². The number of likely N-dealkylation sites (tertiary alicyclic amines) is 1. The summed E-state index contributed by atoms with van der Waals surface area (Å²) >= 11 is 0. The molecule has 1 aromatic carbocycles. The predicted molar refractivity (Wildman–Crippen MR) is 84.9 cm³/mol. The Morgan fingerprint density at radius 3 is 2.35 bits per heavy atom. The number of piperidine rings is 1. The quantitative estimate of drug-likeness (QED) is 0.913. The van der Waals surface area contributed by atoms with Gasteiger partial charge in [-0.3, -0.25) is 4.90 Å². The number of nitrogens with two attached hydrogens (primary N) is 1. The van der Waals surface area contributed by atoms with Crippen LogP contribution in [0, 0.1) is 0 Å². The van der Waals surface area contributed by atoms with Gasteiger partial charge in [0.05, 0.1) is 0 Å². The third-order valence-electron chi connectivity index (χ3n) is 5.00. The van der Waals surface area contributed by atoms with Gasteiger partial charge in [-0.1, -0.05) is 24.6 Å². The lowest BCUT2D eigenvalue weighted by Gasteiger charge is -2.37. The van der Waals surface area contributed by atoms with Crippen molar-refractivity contribution in [2.24, 2.45) is 5.73 Å². The molecule has 0 bridgehead atoms. The molecule has 2 aliphatic rings. The van der Waals surface area contributed by atoms with Gasteiger partial charge in [-0.25, -0.2) is 0 Å². The molecule has 1 saturated heterocycles. The van der Waals surface area contributed by atoms with Gasteiger partial charge in [-0.2, -0.15) is 0 Å². The van der Waals surface area contributed by atoms with Crippen molar-refractivity contribution in [3.63, 3.8) is 0 Å². The number of hydrogen-bond donors (Lipinski definition) is 1. The van der Waals surface area contributed by atoms with Crippen molar-refractivity contribution in [2.75, 3.05) is 13.1 Å². The average Bonchev–Trinajstić information content (AvgIpc) is 2.48. The number of nitrogens with zero attached hydrogens (tertiary/aromatic N) is 1. The van der Waals surface area contributed by atoms with Crippen molar-refractivity contribution in [3.8, 4) is 0 Å². The summed E-state index contributed by atoms with van der Waals surface area (Å²) in [6.45, 7) is 4.59. The Bertz CT molecular complexity index is 447. The van der Waals surface area contributed by atoms with Gasteiger partial charge in [0, 0.05) is 12.1 Å². The monoisotopic (exact) mass is 272 g/mol. The summed E-state index contributed by atoms with van der Waals surface area (Å²) in [5.74, 6) is 0. The normalized spacial score (nSPS) is 23.1. The van der Waals surface area contributed by atoms with Crippen LogP contribution in [0.15, 0.2) is 18.2 Å². The van der Waals surface area contributed by atoms with E-state index in [1.165, 1.54) is 63.6 Å². The van der Waals surface area contributed by atoms with Crippen LogP contribution in [-0.2, 0) is 12.8 Å². The Balaban J connectivity index is 1.86. The molecule has 1 aromatic rings. The molecule has 2 nitrogen and oxygen atoms in total. The summed E-state index contributed by atoms with van der Waals surface area (Å²) in [4.78, 5) is 2.61. The number of aryl methyl sites for hydroxylation is 2. The van der Waals surface area contributed by atoms with E-state index < -0.39 is 0 Å². The van der Waals surface area contributed by atoms with E-state index in [-0.39, 0.29) is 6.04 Å². The van der Waals surface area contributed by atoms with Crippen molar-refractivity contribution in [1.82, 2.24) is 4.90 Å². The molecule has 0 radical (unpaired) electrons. The molecule has 2 unspecified atom stereocenters. The summed E-state index contributed by atoms with van der Waals surface area (Å²) in [6.07, 6.45) is 9.27. The number of fused-ring (bicyclic) bond motifs is 1. The smallest absolute Gasteiger partial charge is 0.0496 e. The van der Waals surface area contributed by atoms with Crippen LogP contribution in [0.4, 0.5) is 0 Å². The fourth-order valence-corrected chi connectivity index (χ4v) is 3.98. The fourth-order valence-electron chi connectivity index (χ4n) is 3.98. The van der Waals surface area contributed by atoms with E-state index in [2.05, 4.69) is 30.0 Å². The zero-order valence-electron chi connectivity index (χ0n) is 12.8. The van der Waals surface area contributed by atoms with Gasteiger partial charge < -0.3 is 5.73 Å². The molecule has 1 heterocycles. The van der Waals surface area contributed by atoms with Crippen LogP contribution < -0.4 is 5.73 Å². The van der Waals surface area contributed by atoms with Crippen LogP contribution in [0.25, 0.3) is 0 Å². The lowest BCUT2D eigenvalue weighted by atomic mass is 9.87. The SMILES string of the molecule is CC(N)C(c1ccc2c(c1)CCCC2)N1CCCCC1. The van der Waals surface area contributed by atoms with E-state index in [0.717, 1.165) is 0 Å². The molecule has 2 atom stereocenters. The maximum absolute atomic E-state index is 6.33. The van der Waals surface area contributed by atoms with Crippen LogP contribution in [0.5, 0.6) is 0 Å². The van der Waals surface area contributed by atoms with E-state index in [1.54, 1.807) is 11.1 Å².